The van der Waals surface area contributed by atoms with E-state index in [1.54, 1.807) is 13.0 Å². The van der Waals surface area contributed by atoms with Crippen LogP contribution in [0.25, 0.3) is 0 Å². The molecule has 54 valence electrons. The van der Waals surface area contributed by atoms with Crippen LogP contribution in [0.15, 0.2) is 11.6 Å². The van der Waals surface area contributed by atoms with Crippen LogP contribution in [0.5, 0.6) is 0 Å². The predicted octanol–water partition coefficient (Wildman–Crippen LogP) is 0.696. The molecule has 0 heterocycles. The lowest BCUT2D eigenvalue weighted by Crippen LogP contribution is -1.99. The van der Waals surface area contributed by atoms with E-state index < -0.39 is 0 Å². The van der Waals surface area contributed by atoms with Crippen LogP contribution in [-0.4, -0.2) is 22.9 Å². The van der Waals surface area contributed by atoms with Crippen molar-refractivity contribution in [3.63, 3.8) is 0 Å². The molecule has 0 aliphatic rings. The van der Waals surface area contributed by atoms with Gasteiger partial charge in [-0.05, 0) is 20.3 Å². The lowest BCUT2D eigenvalue weighted by molar-refractivity contribution is 0.195. The first-order valence-corrected chi connectivity index (χ1v) is 3.11. The van der Waals surface area contributed by atoms with Crippen LogP contribution in [0.4, 0.5) is 0 Å². The van der Waals surface area contributed by atoms with Gasteiger partial charge < -0.3 is 10.2 Å². The fourth-order valence-electron chi connectivity index (χ4n) is 0.705. The Morgan fingerprint density at radius 3 is 2.56 bits per heavy atom. The number of hydrogen-bond acceptors (Lipinski definition) is 2. The van der Waals surface area contributed by atoms with E-state index >= 15 is 0 Å². The summed E-state index contributed by atoms with van der Waals surface area (Å²) in [5.41, 5.74) is 1.03. The molecule has 1 atom stereocenters. The molecular formula is C7H14O2. The van der Waals surface area contributed by atoms with Crippen LogP contribution in [0.2, 0.25) is 0 Å². The highest BCUT2D eigenvalue weighted by atomic mass is 16.3. The third-order valence-corrected chi connectivity index (χ3v) is 1.06. The SMILES string of the molecule is CC(=CCO)CC(C)O. The van der Waals surface area contributed by atoms with Gasteiger partial charge in [0.05, 0.1) is 12.7 Å². The summed E-state index contributed by atoms with van der Waals surface area (Å²) in [5, 5.41) is 17.2. The average Bonchev–Trinajstić information content (AvgIpc) is 1.63. The number of hydrogen-bond donors (Lipinski definition) is 2. The molecule has 2 heteroatoms. The zero-order valence-corrected chi connectivity index (χ0v) is 5.96. The Kier molecular flexibility index (Phi) is 4.36. The largest absolute Gasteiger partial charge is 0.393 e. The van der Waals surface area contributed by atoms with Gasteiger partial charge in [-0.3, -0.25) is 0 Å². The highest BCUT2D eigenvalue weighted by molar-refractivity contribution is 4.98. The fraction of sp³-hybridized carbons (Fsp3) is 0.714. The van der Waals surface area contributed by atoms with E-state index in [0.717, 1.165) is 5.57 Å². The number of aliphatic hydroxyl groups is 2. The maximum Gasteiger partial charge on any atom is 0.0614 e. The quantitative estimate of drug-likeness (QED) is 0.552. The molecule has 0 spiro atoms. The molecule has 0 saturated heterocycles. The molecule has 0 aromatic carbocycles. The van der Waals surface area contributed by atoms with Crippen LogP contribution >= 0.6 is 0 Å². The van der Waals surface area contributed by atoms with Gasteiger partial charge in [-0.2, -0.15) is 0 Å². The molecule has 2 nitrogen and oxygen atoms in total. The lowest BCUT2D eigenvalue weighted by Gasteiger charge is -2.02. The van der Waals surface area contributed by atoms with Crippen LogP contribution in [0.1, 0.15) is 20.3 Å². The first kappa shape index (κ1) is 8.66. The topological polar surface area (TPSA) is 40.5 Å². The third kappa shape index (κ3) is 5.53. The van der Waals surface area contributed by atoms with E-state index in [0.29, 0.717) is 6.42 Å². The van der Waals surface area contributed by atoms with Crippen molar-refractivity contribution in [3.05, 3.63) is 11.6 Å². The molecule has 0 radical (unpaired) electrons. The molecule has 0 rings (SSSR count). The van der Waals surface area contributed by atoms with Crippen molar-refractivity contribution in [3.8, 4) is 0 Å². The molecule has 0 saturated carbocycles. The predicted molar refractivity (Wildman–Crippen MR) is 37.1 cm³/mol. The molecule has 0 aromatic heterocycles. The van der Waals surface area contributed by atoms with Crippen molar-refractivity contribution in [2.75, 3.05) is 6.61 Å². The summed E-state index contributed by atoms with van der Waals surface area (Å²) in [5.74, 6) is 0. The number of rotatable bonds is 3. The summed E-state index contributed by atoms with van der Waals surface area (Å²) >= 11 is 0. The van der Waals surface area contributed by atoms with Gasteiger partial charge in [-0.15, -0.1) is 0 Å². The minimum atomic E-state index is -0.298. The summed E-state index contributed by atoms with van der Waals surface area (Å²) < 4.78 is 0. The van der Waals surface area contributed by atoms with Gasteiger partial charge in [-0.25, -0.2) is 0 Å². The summed E-state index contributed by atoms with van der Waals surface area (Å²) in [6, 6.07) is 0. The molecular weight excluding hydrogens is 116 g/mol. The fourth-order valence-corrected chi connectivity index (χ4v) is 0.705. The van der Waals surface area contributed by atoms with Crippen molar-refractivity contribution in [2.45, 2.75) is 26.4 Å². The van der Waals surface area contributed by atoms with E-state index in [1.165, 1.54) is 0 Å². The van der Waals surface area contributed by atoms with E-state index in [4.69, 9.17) is 10.2 Å². The second kappa shape index (κ2) is 4.53. The van der Waals surface area contributed by atoms with Gasteiger partial charge >= 0.3 is 0 Å². The van der Waals surface area contributed by atoms with E-state index in [-0.39, 0.29) is 12.7 Å². The Labute approximate surface area is 55.8 Å². The summed E-state index contributed by atoms with van der Waals surface area (Å²) in [6.45, 7) is 3.69. The average molecular weight is 130 g/mol. The molecule has 0 amide bonds. The maximum absolute atomic E-state index is 8.83. The van der Waals surface area contributed by atoms with Crippen molar-refractivity contribution in [1.82, 2.24) is 0 Å². The number of aliphatic hydroxyl groups excluding tert-OH is 2. The molecule has 0 aliphatic carbocycles. The second-order valence-electron chi connectivity index (χ2n) is 2.29. The summed E-state index contributed by atoms with van der Waals surface area (Å²) in [6.07, 6.45) is 2.06. The third-order valence-electron chi connectivity index (χ3n) is 1.06. The normalized spacial score (nSPS) is 15.8. The highest BCUT2D eigenvalue weighted by Gasteiger charge is 1.94. The van der Waals surface area contributed by atoms with Crippen molar-refractivity contribution in [1.29, 1.82) is 0 Å². The van der Waals surface area contributed by atoms with Crippen LogP contribution in [-0.2, 0) is 0 Å². The van der Waals surface area contributed by atoms with E-state index in [1.807, 2.05) is 6.92 Å². The van der Waals surface area contributed by atoms with Crippen molar-refractivity contribution < 1.29 is 10.2 Å². The van der Waals surface area contributed by atoms with Crippen LogP contribution < -0.4 is 0 Å². The Morgan fingerprint density at radius 2 is 2.22 bits per heavy atom. The van der Waals surface area contributed by atoms with Crippen LogP contribution in [0, 0.1) is 0 Å². The monoisotopic (exact) mass is 130 g/mol. The smallest absolute Gasteiger partial charge is 0.0614 e. The molecule has 0 aromatic rings. The minimum Gasteiger partial charge on any atom is -0.393 e. The van der Waals surface area contributed by atoms with Gasteiger partial charge in [0.1, 0.15) is 0 Å². The molecule has 0 aliphatic heterocycles. The lowest BCUT2D eigenvalue weighted by atomic mass is 10.1. The molecule has 9 heavy (non-hydrogen) atoms. The van der Waals surface area contributed by atoms with E-state index in [2.05, 4.69) is 0 Å². The minimum absolute atomic E-state index is 0.0680. The van der Waals surface area contributed by atoms with Gasteiger partial charge in [0.2, 0.25) is 0 Å². The Balaban J connectivity index is 3.49. The summed E-state index contributed by atoms with van der Waals surface area (Å²) in [4.78, 5) is 0. The Morgan fingerprint density at radius 1 is 1.67 bits per heavy atom. The standard InChI is InChI=1S/C7H14O2/c1-6(3-4-8)5-7(2)9/h3,7-9H,4-5H2,1-2H3. The molecule has 0 fully saturated rings. The summed E-state index contributed by atoms with van der Waals surface area (Å²) in [7, 11) is 0. The van der Waals surface area contributed by atoms with Crippen LogP contribution in [0.3, 0.4) is 0 Å². The van der Waals surface area contributed by atoms with Gasteiger partial charge in [0.25, 0.3) is 0 Å². The first-order valence-electron chi connectivity index (χ1n) is 3.11. The molecule has 0 bridgehead atoms. The zero-order valence-electron chi connectivity index (χ0n) is 5.96. The molecule has 1 unspecified atom stereocenters. The maximum atomic E-state index is 8.83. The van der Waals surface area contributed by atoms with Gasteiger partial charge in [0.15, 0.2) is 0 Å². The second-order valence-corrected chi connectivity index (χ2v) is 2.29. The van der Waals surface area contributed by atoms with Crippen molar-refractivity contribution >= 4 is 0 Å². The first-order chi connectivity index (χ1) is 4.16. The van der Waals surface area contributed by atoms with Gasteiger partial charge in [-0.1, -0.05) is 11.6 Å². The van der Waals surface area contributed by atoms with E-state index in [9.17, 15) is 0 Å². The molecule has 2 N–H and O–H groups in total. The van der Waals surface area contributed by atoms with Gasteiger partial charge in [0, 0.05) is 0 Å². The Hall–Kier alpha value is -0.340. The Bertz CT molecular complexity index is 95.1. The van der Waals surface area contributed by atoms with Crippen molar-refractivity contribution in [2.24, 2.45) is 0 Å². The zero-order chi connectivity index (χ0) is 7.28. The highest BCUT2D eigenvalue weighted by Crippen LogP contribution is 2.02.